The molecule has 1 aromatic carbocycles. The monoisotopic (exact) mass is 454 g/mol. The lowest BCUT2D eigenvalue weighted by atomic mass is 10.1. The van der Waals surface area contributed by atoms with Crippen molar-refractivity contribution in [3.05, 3.63) is 59.8 Å². The fourth-order valence-corrected chi connectivity index (χ4v) is 2.30. The van der Waals surface area contributed by atoms with Gasteiger partial charge in [-0.05, 0) is 38.0 Å². The van der Waals surface area contributed by atoms with Crippen LogP contribution in [0.4, 0.5) is 0 Å². The number of halogens is 1. The van der Waals surface area contributed by atoms with E-state index in [9.17, 15) is 0 Å². The summed E-state index contributed by atoms with van der Waals surface area (Å²) in [7, 11) is 0. The fraction of sp³-hybridized carbons (Fsp3) is 0.368. The van der Waals surface area contributed by atoms with Gasteiger partial charge in [0.1, 0.15) is 0 Å². The van der Waals surface area contributed by atoms with Crippen molar-refractivity contribution in [3.8, 4) is 5.88 Å². The van der Waals surface area contributed by atoms with Crippen molar-refractivity contribution in [1.29, 1.82) is 0 Å². The molecular weight excluding hydrogens is 427 g/mol. The van der Waals surface area contributed by atoms with Crippen LogP contribution >= 0.6 is 24.0 Å². The van der Waals surface area contributed by atoms with E-state index in [2.05, 4.69) is 46.6 Å². The zero-order chi connectivity index (χ0) is 17.2. The summed E-state index contributed by atoms with van der Waals surface area (Å²) in [5.74, 6) is 1.43. The first kappa shape index (κ1) is 21.2. The molecule has 0 aliphatic rings. The van der Waals surface area contributed by atoms with Crippen molar-refractivity contribution < 1.29 is 4.74 Å². The van der Waals surface area contributed by atoms with Crippen molar-refractivity contribution in [3.63, 3.8) is 0 Å². The third kappa shape index (κ3) is 7.29. The number of nitrogens with zero attached hydrogens (tertiary/aromatic N) is 2. The molecule has 5 nitrogen and oxygen atoms in total. The quantitative estimate of drug-likeness (QED) is 0.379. The summed E-state index contributed by atoms with van der Waals surface area (Å²) in [5, 5.41) is 6.72. The van der Waals surface area contributed by atoms with Crippen LogP contribution in [-0.2, 0) is 6.54 Å². The van der Waals surface area contributed by atoms with E-state index in [0.29, 0.717) is 19.0 Å². The first-order valence-electron chi connectivity index (χ1n) is 8.40. The molecular formula is C19H27IN4O. The molecule has 0 bridgehead atoms. The molecule has 0 saturated carbocycles. The fourth-order valence-electron chi connectivity index (χ4n) is 2.30. The van der Waals surface area contributed by atoms with E-state index in [1.165, 1.54) is 5.56 Å². The molecule has 0 saturated heterocycles. The molecule has 1 unspecified atom stereocenters. The van der Waals surface area contributed by atoms with Crippen molar-refractivity contribution >= 4 is 29.9 Å². The first-order valence-corrected chi connectivity index (χ1v) is 8.40. The van der Waals surface area contributed by atoms with Gasteiger partial charge in [-0.15, -0.1) is 24.0 Å². The van der Waals surface area contributed by atoms with Crippen LogP contribution in [0.3, 0.4) is 0 Å². The van der Waals surface area contributed by atoms with Gasteiger partial charge in [0.2, 0.25) is 5.88 Å². The van der Waals surface area contributed by atoms with E-state index < -0.39 is 0 Å². The lowest BCUT2D eigenvalue weighted by molar-refractivity contribution is 0.326. The minimum atomic E-state index is 0. The summed E-state index contributed by atoms with van der Waals surface area (Å²) in [5.41, 5.74) is 2.30. The molecule has 0 aliphatic carbocycles. The molecule has 2 rings (SSSR count). The van der Waals surface area contributed by atoms with E-state index >= 15 is 0 Å². The first-order chi connectivity index (χ1) is 11.7. The smallest absolute Gasteiger partial charge is 0.213 e. The average Bonchev–Trinajstić information content (AvgIpc) is 2.61. The van der Waals surface area contributed by atoms with Gasteiger partial charge in [0.25, 0.3) is 0 Å². The van der Waals surface area contributed by atoms with Crippen molar-refractivity contribution in [2.45, 2.75) is 33.4 Å². The van der Waals surface area contributed by atoms with Crippen molar-refractivity contribution in [1.82, 2.24) is 15.6 Å². The molecule has 25 heavy (non-hydrogen) atoms. The second kappa shape index (κ2) is 11.7. The number of nitrogens with one attached hydrogen (secondary N) is 2. The Kier molecular flexibility index (Phi) is 9.91. The van der Waals surface area contributed by atoms with Gasteiger partial charge in [-0.1, -0.05) is 30.3 Å². The summed E-state index contributed by atoms with van der Waals surface area (Å²) in [4.78, 5) is 8.84. The third-order valence-corrected chi connectivity index (χ3v) is 3.51. The van der Waals surface area contributed by atoms with E-state index in [1.807, 2.05) is 37.3 Å². The van der Waals surface area contributed by atoms with Crippen molar-refractivity contribution in [2.75, 3.05) is 13.2 Å². The van der Waals surface area contributed by atoms with Crippen LogP contribution in [0.1, 0.15) is 37.9 Å². The molecule has 0 spiro atoms. The van der Waals surface area contributed by atoms with Gasteiger partial charge in [0.05, 0.1) is 19.2 Å². The van der Waals surface area contributed by atoms with Crippen LogP contribution < -0.4 is 15.4 Å². The molecule has 136 valence electrons. The number of guanidine groups is 1. The Balaban J connectivity index is 0.00000312. The minimum absolute atomic E-state index is 0. The van der Waals surface area contributed by atoms with Gasteiger partial charge >= 0.3 is 0 Å². The molecule has 1 atom stereocenters. The van der Waals surface area contributed by atoms with Gasteiger partial charge in [-0.2, -0.15) is 0 Å². The molecule has 1 heterocycles. The minimum Gasteiger partial charge on any atom is -0.478 e. The van der Waals surface area contributed by atoms with E-state index in [4.69, 9.17) is 4.74 Å². The van der Waals surface area contributed by atoms with Gasteiger partial charge in [0.15, 0.2) is 5.96 Å². The lowest BCUT2D eigenvalue weighted by Gasteiger charge is -2.18. The normalized spacial score (nSPS) is 12.0. The van der Waals surface area contributed by atoms with Gasteiger partial charge in [0, 0.05) is 18.8 Å². The van der Waals surface area contributed by atoms with E-state index in [-0.39, 0.29) is 30.0 Å². The van der Waals surface area contributed by atoms with E-state index in [0.717, 1.165) is 18.1 Å². The van der Waals surface area contributed by atoms with Crippen LogP contribution in [0.15, 0.2) is 53.7 Å². The third-order valence-electron chi connectivity index (χ3n) is 3.51. The van der Waals surface area contributed by atoms with Crippen LogP contribution in [0.5, 0.6) is 5.88 Å². The van der Waals surface area contributed by atoms with Crippen LogP contribution in [0.2, 0.25) is 0 Å². The zero-order valence-electron chi connectivity index (χ0n) is 15.0. The maximum atomic E-state index is 5.43. The van der Waals surface area contributed by atoms with Crippen LogP contribution in [0, 0.1) is 0 Å². The molecule has 0 fully saturated rings. The predicted octanol–water partition coefficient (Wildman–Crippen LogP) is 3.91. The molecule has 0 amide bonds. The Morgan fingerprint density at radius 2 is 1.96 bits per heavy atom. The highest BCUT2D eigenvalue weighted by Crippen LogP contribution is 2.12. The van der Waals surface area contributed by atoms with E-state index in [1.54, 1.807) is 6.20 Å². The summed E-state index contributed by atoms with van der Waals surface area (Å²) < 4.78 is 5.43. The number of benzene rings is 1. The number of ether oxygens (including phenoxy) is 1. The van der Waals surface area contributed by atoms with Gasteiger partial charge in [-0.25, -0.2) is 9.98 Å². The Labute approximate surface area is 167 Å². The summed E-state index contributed by atoms with van der Waals surface area (Å²) >= 11 is 0. The van der Waals surface area contributed by atoms with Crippen LogP contribution in [-0.4, -0.2) is 24.1 Å². The Hall–Kier alpha value is -1.83. The summed E-state index contributed by atoms with van der Waals surface area (Å²) in [6.45, 7) is 8.13. The number of rotatable bonds is 7. The average molecular weight is 454 g/mol. The highest BCUT2D eigenvalue weighted by atomic mass is 127. The second-order valence-corrected chi connectivity index (χ2v) is 5.41. The Morgan fingerprint density at radius 1 is 1.20 bits per heavy atom. The number of hydrogen-bond acceptors (Lipinski definition) is 3. The highest BCUT2D eigenvalue weighted by molar-refractivity contribution is 14.0. The van der Waals surface area contributed by atoms with Crippen molar-refractivity contribution in [2.24, 2.45) is 4.99 Å². The highest BCUT2D eigenvalue weighted by Gasteiger charge is 2.07. The number of pyridine rings is 1. The predicted molar refractivity (Wildman–Crippen MR) is 114 cm³/mol. The molecule has 0 radical (unpaired) electrons. The Morgan fingerprint density at radius 3 is 2.64 bits per heavy atom. The summed E-state index contributed by atoms with van der Waals surface area (Å²) in [6, 6.07) is 14.4. The number of aromatic nitrogens is 1. The maximum Gasteiger partial charge on any atom is 0.213 e. The largest absolute Gasteiger partial charge is 0.478 e. The Bertz CT molecular complexity index is 649. The van der Waals surface area contributed by atoms with Gasteiger partial charge < -0.3 is 15.4 Å². The number of aliphatic imine (C=N–C) groups is 1. The molecule has 2 aromatic rings. The molecule has 0 aliphatic heterocycles. The summed E-state index contributed by atoms with van der Waals surface area (Å²) in [6.07, 6.45) is 1.75. The second-order valence-electron chi connectivity index (χ2n) is 5.41. The van der Waals surface area contributed by atoms with Crippen LogP contribution in [0.25, 0.3) is 0 Å². The van der Waals surface area contributed by atoms with Gasteiger partial charge in [-0.3, -0.25) is 0 Å². The zero-order valence-corrected chi connectivity index (χ0v) is 17.4. The molecule has 2 N–H and O–H groups in total. The SMILES string of the molecule is CCNC(=NCc1ccnc(OCC)c1)NC(C)c1ccccc1.I. The number of hydrogen-bond donors (Lipinski definition) is 2. The standard InChI is InChI=1S/C19H26N4O.HI/c1-4-20-19(23-15(3)17-9-7-6-8-10-17)22-14-16-11-12-21-18(13-16)24-5-2;/h6-13,15H,4-5,14H2,1-3H3,(H2,20,22,23);1H. The molecule has 6 heteroatoms. The topological polar surface area (TPSA) is 58.5 Å². The molecule has 1 aromatic heterocycles. The maximum absolute atomic E-state index is 5.43. The lowest BCUT2D eigenvalue weighted by Crippen LogP contribution is -2.38.